The second-order valence-electron chi connectivity index (χ2n) is 7.30. The summed E-state index contributed by atoms with van der Waals surface area (Å²) in [5.41, 5.74) is 1.11. The summed E-state index contributed by atoms with van der Waals surface area (Å²) in [7, 11) is 0. The third-order valence-electron chi connectivity index (χ3n) is 4.55. The summed E-state index contributed by atoms with van der Waals surface area (Å²) in [4.78, 5) is 12.6. The van der Waals surface area contributed by atoms with E-state index in [-0.39, 0.29) is 15.9 Å². The standard InChI is InChI=1S/C17H24IN2O2/c1-11-6-8-12(9-7-11)14(18)15(21)19-13-10-16(2,3)20(22)17(13,4)5/h6-9,13-14H,10H2,1-5H3,(H,19,21). The lowest BCUT2D eigenvalue weighted by Crippen LogP contribution is -2.52. The molecule has 0 saturated carbocycles. The van der Waals surface area contributed by atoms with Gasteiger partial charge in [0, 0.05) is 5.54 Å². The fourth-order valence-electron chi connectivity index (χ4n) is 3.11. The lowest BCUT2D eigenvalue weighted by molar-refractivity contribution is -0.246. The van der Waals surface area contributed by atoms with Crippen molar-refractivity contribution in [3.05, 3.63) is 35.4 Å². The van der Waals surface area contributed by atoms with E-state index < -0.39 is 11.1 Å². The molecule has 1 heterocycles. The number of halogens is 1. The first-order chi connectivity index (χ1) is 10.1. The van der Waals surface area contributed by atoms with Crippen molar-refractivity contribution in [3.63, 3.8) is 0 Å². The third kappa shape index (κ3) is 3.31. The van der Waals surface area contributed by atoms with Crippen molar-refractivity contribution in [2.75, 3.05) is 0 Å². The van der Waals surface area contributed by atoms with Crippen LogP contribution in [0.25, 0.3) is 0 Å². The Morgan fingerprint density at radius 2 is 1.82 bits per heavy atom. The van der Waals surface area contributed by atoms with E-state index in [9.17, 15) is 10.0 Å². The molecule has 2 atom stereocenters. The Labute approximate surface area is 146 Å². The van der Waals surface area contributed by atoms with Crippen LogP contribution in [0.2, 0.25) is 0 Å². The number of nitrogens with one attached hydrogen (secondary N) is 1. The molecule has 2 rings (SSSR count). The van der Waals surface area contributed by atoms with Gasteiger partial charge in [0.05, 0.1) is 11.6 Å². The summed E-state index contributed by atoms with van der Waals surface area (Å²) in [6, 6.07) is 7.84. The minimum atomic E-state index is -0.594. The van der Waals surface area contributed by atoms with E-state index in [2.05, 4.69) is 27.9 Å². The summed E-state index contributed by atoms with van der Waals surface area (Å²) in [5, 5.41) is 16.6. The Kier molecular flexibility index (Phi) is 4.90. The van der Waals surface area contributed by atoms with Crippen molar-refractivity contribution in [2.45, 2.75) is 62.1 Å². The first-order valence-corrected chi connectivity index (χ1v) is 8.79. The van der Waals surface area contributed by atoms with Gasteiger partial charge in [0.2, 0.25) is 5.91 Å². The van der Waals surface area contributed by atoms with Gasteiger partial charge in [0.15, 0.2) is 0 Å². The zero-order valence-corrected chi connectivity index (χ0v) is 16.0. The van der Waals surface area contributed by atoms with Gasteiger partial charge in [-0.25, -0.2) is 0 Å². The molecule has 0 bridgehead atoms. The molecular formula is C17H24IN2O2. The van der Waals surface area contributed by atoms with E-state index in [0.717, 1.165) is 10.6 Å². The number of carbonyl (C=O) groups excluding carboxylic acids is 1. The highest BCUT2D eigenvalue weighted by Crippen LogP contribution is 2.39. The van der Waals surface area contributed by atoms with Gasteiger partial charge >= 0.3 is 0 Å². The molecule has 1 aliphatic rings. The predicted molar refractivity (Wildman–Crippen MR) is 95.2 cm³/mol. The number of alkyl halides is 1. The summed E-state index contributed by atoms with van der Waals surface area (Å²) >= 11 is 2.15. The highest BCUT2D eigenvalue weighted by molar-refractivity contribution is 14.1. The number of nitrogens with zero attached hydrogens (tertiary/aromatic N) is 1. The zero-order valence-electron chi connectivity index (χ0n) is 13.8. The van der Waals surface area contributed by atoms with Gasteiger partial charge < -0.3 is 5.32 Å². The maximum Gasteiger partial charge on any atom is 0.237 e. The topological polar surface area (TPSA) is 52.2 Å². The smallest absolute Gasteiger partial charge is 0.237 e. The van der Waals surface area contributed by atoms with Crippen molar-refractivity contribution in [1.29, 1.82) is 0 Å². The van der Waals surface area contributed by atoms with Gasteiger partial charge in [-0.15, -0.1) is 10.3 Å². The predicted octanol–water partition coefficient (Wildman–Crippen LogP) is 3.56. The van der Waals surface area contributed by atoms with Crippen LogP contribution in [0.5, 0.6) is 0 Å². The summed E-state index contributed by atoms with van der Waals surface area (Å²) in [6.07, 6.45) is 0.659. The van der Waals surface area contributed by atoms with Crippen LogP contribution in [0.3, 0.4) is 0 Å². The Morgan fingerprint density at radius 3 is 2.27 bits per heavy atom. The Hall–Kier alpha value is -0.660. The largest absolute Gasteiger partial charge is 0.350 e. The fraction of sp³-hybridized carbons (Fsp3) is 0.588. The molecule has 4 nitrogen and oxygen atoms in total. The van der Waals surface area contributed by atoms with Gasteiger partial charge in [-0.3, -0.25) is 4.79 Å². The normalized spacial score (nSPS) is 25.0. The van der Waals surface area contributed by atoms with Gasteiger partial charge in [-0.1, -0.05) is 52.4 Å². The molecule has 0 aromatic heterocycles. The van der Waals surface area contributed by atoms with E-state index in [0.29, 0.717) is 6.42 Å². The first kappa shape index (κ1) is 17.7. The van der Waals surface area contributed by atoms with E-state index in [1.165, 1.54) is 5.56 Å². The minimum absolute atomic E-state index is 0.0337. The molecule has 1 aromatic rings. The Bertz CT molecular complexity index is 554. The molecule has 2 unspecified atom stereocenters. The van der Waals surface area contributed by atoms with Crippen molar-refractivity contribution < 1.29 is 10.0 Å². The number of hydroxylamine groups is 2. The molecule has 1 saturated heterocycles. The molecule has 0 spiro atoms. The summed E-state index contributed by atoms with van der Waals surface area (Å²) < 4.78 is -0.252. The highest BCUT2D eigenvalue weighted by atomic mass is 127. The molecule has 1 N–H and O–H groups in total. The van der Waals surface area contributed by atoms with E-state index in [1.54, 1.807) is 0 Å². The maximum atomic E-state index is 12.6. The minimum Gasteiger partial charge on any atom is -0.350 e. The highest BCUT2D eigenvalue weighted by Gasteiger charge is 2.53. The van der Waals surface area contributed by atoms with Crippen LogP contribution in [-0.4, -0.2) is 28.1 Å². The van der Waals surface area contributed by atoms with Crippen molar-refractivity contribution >= 4 is 28.5 Å². The Morgan fingerprint density at radius 1 is 1.27 bits per heavy atom. The van der Waals surface area contributed by atoms with E-state index in [1.807, 2.05) is 58.9 Å². The van der Waals surface area contributed by atoms with Crippen molar-refractivity contribution in [3.8, 4) is 0 Å². The number of carbonyl (C=O) groups is 1. The van der Waals surface area contributed by atoms with Crippen LogP contribution >= 0.6 is 22.6 Å². The third-order valence-corrected chi connectivity index (χ3v) is 5.83. The molecular weight excluding hydrogens is 391 g/mol. The molecule has 1 aliphatic heterocycles. The number of benzene rings is 1. The number of hydrogen-bond acceptors (Lipinski definition) is 2. The van der Waals surface area contributed by atoms with Crippen LogP contribution in [0.15, 0.2) is 24.3 Å². The van der Waals surface area contributed by atoms with Crippen LogP contribution in [-0.2, 0) is 10.0 Å². The lowest BCUT2D eigenvalue weighted by atomic mass is 9.94. The molecule has 1 radical (unpaired) electrons. The molecule has 1 aromatic carbocycles. The monoisotopic (exact) mass is 415 g/mol. The molecule has 1 fully saturated rings. The van der Waals surface area contributed by atoms with Crippen molar-refractivity contribution in [1.82, 2.24) is 10.4 Å². The van der Waals surface area contributed by atoms with Crippen LogP contribution in [0.4, 0.5) is 0 Å². The average molecular weight is 415 g/mol. The second-order valence-corrected chi connectivity index (χ2v) is 8.54. The summed E-state index contributed by atoms with van der Waals surface area (Å²) in [5.74, 6) is -0.0337. The van der Waals surface area contributed by atoms with Gasteiger partial charge in [-0.05, 0) is 46.6 Å². The SMILES string of the molecule is Cc1ccc(C(I)C(=O)NC2CC(C)(C)N([O])C2(C)C)cc1. The van der Waals surface area contributed by atoms with E-state index >= 15 is 0 Å². The average Bonchev–Trinajstić information content (AvgIpc) is 2.59. The van der Waals surface area contributed by atoms with Crippen LogP contribution < -0.4 is 5.32 Å². The molecule has 1 amide bonds. The van der Waals surface area contributed by atoms with Gasteiger partial charge in [0.25, 0.3) is 0 Å². The molecule has 121 valence electrons. The number of hydrogen-bond donors (Lipinski definition) is 1. The number of rotatable bonds is 3. The molecule has 0 aliphatic carbocycles. The quantitative estimate of drug-likeness (QED) is 0.607. The van der Waals surface area contributed by atoms with Crippen LogP contribution in [0, 0.1) is 6.92 Å². The molecule has 22 heavy (non-hydrogen) atoms. The van der Waals surface area contributed by atoms with Gasteiger partial charge in [-0.2, -0.15) is 0 Å². The van der Waals surface area contributed by atoms with Gasteiger partial charge in [0.1, 0.15) is 3.92 Å². The fourth-order valence-corrected chi connectivity index (χ4v) is 3.71. The Balaban J connectivity index is 2.10. The number of amides is 1. The van der Waals surface area contributed by atoms with Crippen LogP contribution in [0.1, 0.15) is 49.2 Å². The lowest BCUT2D eigenvalue weighted by Gasteiger charge is -2.34. The molecule has 5 heteroatoms. The number of aryl methyl sites for hydroxylation is 1. The second kappa shape index (κ2) is 6.09. The maximum absolute atomic E-state index is 12.6. The zero-order chi connectivity index (χ0) is 16.7. The summed E-state index contributed by atoms with van der Waals surface area (Å²) in [6.45, 7) is 9.67. The first-order valence-electron chi connectivity index (χ1n) is 7.54. The van der Waals surface area contributed by atoms with Crippen molar-refractivity contribution in [2.24, 2.45) is 0 Å². The van der Waals surface area contributed by atoms with E-state index in [4.69, 9.17) is 0 Å².